The molecule has 2 heterocycles. The number of hydrogen-bond donors (Lipinski definition) is 1. The Hall–Kier alpha value is -4.57. The van der Waals surface area contributed by atoms with Crippen LogP contribution in [0.15, 0.2) is 120 Å². The van der Waals surface area contributed by atoms with Gasteiger partial charge in [-0.25, -0.2) is 0 Å². The number of nitrogens with one attached hydrogen (secondary N) is 1. The summed E-state index contributed by atoms with van der Waals surface area (Å²) in [6, 6.07) is 33.8. The smallest absolute Gasteiger partial charge is 0.240 e. The highest BCUT2D eigenvalue weighted by Crippen LogP contribution is 2.62. The molecule has 0 radical (unpaired) electrons. The molecule has 2 aliphatic heterocycles. The highest BCUT2D eigenvalue weighted by molar-refractivity contribution is 5.97. The minimum atomic E-state index is -0.414. The van der Waals surface area contributed by atoms with Crippen LogP contribution in [0.3, 0.4) is 0 Å². The second-order valence-electron chi connectivity index (χ2n) is 9.89. The van der Waals surface area contributed by atoms with E-state index in [2.05, 4.69) is 83.3 Å². The molecule has 37 heavy (non-hydrogen) atoms. The molecule has 1 spiro atoms. The number of para-hydroxylation sites is 1. The van der Waals surface area contributed by atoms with Crippen LogP contribution in [-0.2, 0) is 10.2 Å². The van der Waals surface area contributed by atoms with Gasteiger partial charge in [0.1, 0.15) is 11.5 Å². The van der Waals surface area contributed by atoms with E-state index in [1.54, 1.807) is 0 Å². The van der Waals surface area contributed by atoms with Crippen LogP contribution in [0.4, 0.5) is 0 Å². The predicted octanol–water partition coefficient (Wildman–Crippen LogP) is 7.22. The molecule has 0 aromatic heterocycles. The molecule has 1 N–H and O–H groups in total. The molecule has 8 rings (SSSR count). The lowest BCUT2D eigenvalue weighted by atomic mass is 9.64. The van der Waals surface area contributed by atoms with E-state index in [0.717, 1.165) is 41.0 Å². The van der Waals surface area contributed by atoms with Crippen molar-refractivity contribution >= 4 is 11.5 Å². The zero-order valence-electron chi connectivity index (χ0n) is 20.1. The van der Waals surface area contributed by atoms with Crippen molar-refractivity contribution in [3.63, 3.8) is 0 Å². The Bertz CT molecular complexity index is 1670. The Labute approximate surface area is 215 Å². The summed E-state index contributed by atoms with van der Waals surface area (Å²) in [7, 11) is 0. The Morgan fingerprint density at radius 2 is 1.57 bits per heavy atom. The van der Waals surface area contributed by atoms with Crippen LogP contribution in [0.5, 0.6) is 11.5 Å². The van der Waals surface area contributed by atoms with E-state index in [0.29, 0.717) is 5.90 Å². The number of allylic oxidation sites excluding steroid dienone is 4. The summed E-state index contributed by atoms with van der Waals surface area (Å²) in [4.78, 5) is 0. The number of fused-ring (bicyclic) bond motifs is 8. The number of hydrogen-bond acceptors (Lipinski definition) is 4. The van der Waals surface area contributed by atoms with E-state index >= 15 is 0 Å². The molecule has 0 amide bonds. The van der Waals surface area contributed by atoms with E-state index < -0.39 is 5.41 Å². The van der Waals surface area contributed by atoms with Crippen LogP contribution < -0.4 is 10.2 Å². The fourth-order valence-electron chi connectivity index (χ4n) is 6.49. The second-order valence-corrected chi connectivity index (χ2v) is 9.89. The number of rotatable bonds is 2. The lowest BCUT2D eigenvalue weighted by molar-refractivity contribution is 0.192. The monoisotopic (exact) mass is 480 g/mol. The number of nitrogens with zero attached hydrogens (tertiary/aromatic N) is 1. The maximum atomic E-state index is 6.53. The molecule has 2 aliphatic carbocycles. The fraction of sp³-hybridized carbons (Fsp3) is 0.121. The minimum absolute atomic E-state index is 0.303. The van der Waals surface area contributed by atoms with E-state index in [9.17, 15) is 0 Å². The van der Waals surface area contributed by atoms with Crippen LogP contribution in [-0.4, -0.2) is 5.90 Å². The second kappa shape index (κ2) is 7.71. The van der Waals surface area contributed by atoms with Crippen LogP contribution >= 0.6 is 0 Å². The first-order chi connectivity index (χ1) is 18.3. The quantitative estimate of drug-likeness (QED) is 0.329. The molecule has 0 fully saturated rings. The topological polar surface area (TPSA) is 42.8 Å². The highest BCUT2D eigenvalue weighted by Gasteiger charge is 2.52. The van der Waals surface area contributed by atoms with Crippen molar-refractivity contribution in [2.75, 3.05) is 0 Å². The zero-order valence-corrected chi connectivity index (χ0v) is 20.1. The van der Waals surface area contributed by atoms with Gasteiger partial charge in [-0.1, -0.05) is 84.9 Å². The Morgan fingerprint density at radius 3 is 2.49 bits per heavy atom. The van der Waals surface area contributed by atoms with Crippen LogP contribution in [0, 0.1) is 0 Å². The first-order valence-electron chi connectivity index (χ1n) is 12.8. The lowest BCUT2D eigenvalue weighted by Crippen LogP contribution is -2.33. The van der Waals surface area contributed by atoms with Crippen molar-refractivity contribution in [1.29, 1.82) is 0 Å². The van der Waals surface area contributed by atoms with Crippen LogP contribution in [0.1, 0.15) is 52.5 Å². The van der Waals surface area contributed by atoms with Gasteiger partial charge in [-0.2, -0.15) is 0 Å². The van der Waals surface area contributed by atoms with Gasteiger partial charge in [0.25, 0.3) is 0 Å². The summed E-state index contributed by atoms with van der Waals surface area (Å²) >= 11 is 0. The third-order valence-corrected chi connectivity index (χ3v) is 8.00. The van der Waals surface area contributed by atoms with Gasteiger partial charge in [0.2, 0.25) is 12.1 Å². The molecular weight excluding hydrogens is 456 g/mol. The lowest BCUT2D eigenvalue weighted by Gasteiger charge is -2.41. The first kappa shape index (κ1) is 20.6. The van der Waals surface area contributed by atoms with Gasteiger partial charge >= 0.3 is 0 Å². The van der Waals surface area contributed by atoms with Crippen molar-refractivity contribution in [2.45, 2.75) is 24.5 Å². The molecule has 0 saturated heterocycles. The van der Waals surface area contributed by atoms with Crippen molar-refractivity contribution < 1.29 is 9.47 Å². The molecule has 178 valence electrons. The van der Waals surface area contributed by atoms with Gasteiger partial charge in [-0.15, -0.1) is 5.10 Å². The van der Waals surface area contributed by atoms with Crippen molar-refractivity contribution in [1.82, 2.24) is 5.43 Å². The van der Waals surface area contributed by atoms with Gasteiger partial charge in [0.15, 0.2) is 0 Å². The normalized spacial score (nSPS) is 22.3. The maximum Gasteiger partial charge on any atom is 0.240 e. The summed E-state index contributed by atoms with van der Waals surface area (Å²) in [6.07, 6.45) is 6.35. The molecule has 4 aromatic carbocycles. The third kappa shape index (κ3) is 2.81. The van der Waals surface area contributed by atoms with Crippen molar-refractivity contribution in [3.8, 4) is 11.5 Å². The van der Waals surface area contributed by atoms with E-state index in [1.165, 1.54) is 27.8 Å². The summed E-state index contributed by atoms with van der Waals surface area (Å²) in [6.45, 7) is 0. The van der Waals surface area contributed by atoms with Crippen molar-refractivity contribution in [2.24, 2.45) is 5.10 Å². The standard InChI is InChI=1S/C33H24N2O2/c1-2-10-21(11-3-1)31-34-35-32(37-31)22-18-19-30-28(20-22)33(27-16-8-9-17-29(27)36-30)25-14-6-4-12-23(25)24-13-5-7-15-26(24)33/h1-6,8-14,16-20,31,34H,7,15H2. The first-order valence-corrected chi connectivity index (χ1v) is 12.8. The molecule has 0 bridgehead atoms. The molecule has 4 aromatic rings. The zero-order chi connectivity index (χ0) is 24.4. The summed E-state index contributed by atoms with van der Waals surface area (Å²) in [5.74, 6) is 2.39. The molecule has 2 unspecified atom stereocenters. The van der Waals surface area contributed by atoms with Crippen LogP contribution in [0.25, 0.3) is 5.57 Å². The molecule has 4 aliphatic rings. The number of benzene rings is 4. The Balaban J connectivity index is 1.33. The maximum absolute atomic E-state index is 6.53. The third-order valence-electron chi connectivity index (χ3n) is 8.00. The average molecular weight is 481 g/mol. The molecule has 4 heteroatoms. The molecule has 0 saturated carbocycles. The van der Waals surface area contributed by atoms with Gasteiger partial charge in [0.05, 0.1) is 5.41 Å². The number of hydrazone groups is 1. The van der Waals surface area contributed by atoms with Gasteiger partial charge in [0, 0.05) is 22.3 Å². The van der Waals surface area contributed by atoms with Gasteiger partial charge in [-0.3, -0.25) is 5.43 Å². The Kier molecular flexibility index (Phi) is 4.30. The fourth-order valence-corrected chi connectivity index (χ4v) is 6.49. The van der Waals surface area contributed by atoms with E-state index in [-0.39, 0.29) is 6.23 Å². The summed E-state index contributed by atoms with van der Waals surface area (Å²) in [5.41, 5.74) is 12.5. The van der Waals surface area contributed by atoms with Crippen molar-refractivity contribution in [3.05, 3.63) is 148 Å². The number of ether oxygens (including phenoxy) is 2. The highest BCUT2D eigenvalue weighted by atomic mass is 16.5. The molecular formula is C33H24N2O2. The predicted molar refractivity (Wildman–Crippen MR) is 145 cm³/mol. The SMILES string of the molecule is C1=CC2=C(CC1)C1(c3ccccc3Oc3ccc(C4=NNC(c5ccccc5)O4)cc31)c1ccccc12. The average Bonchev–Trinajstić information content (AvgIpc) is 3.57. The Morgan fingerprint density at radius 1 is 0.784 bits per heavy atom. The van der Waals surface area contributed by atoms with E-state index in [4.69, 9.17) is 9.47 Å². The molecule has 2 atom stereocenters. The largest absolute Gasteiger partial charge is 0.457 e. The van der Waals surface area contributed by atoms with Gasteiger partial charge in [-0.05, 0) is 59.4 Å². The van der Waals surface area contributed by atoms with Crippen LogP contribution in [0.2, 0.25) is 0 Å². The van der Waals surface area contributed by atoms with Gasteiger partial charge < -0.3 is 9.47 Å². The van der Waals surface area contributed by atoms with E-state index in [1.807, 2.05) is 36.4 Å². The summed E-state index contributed by atoms with van der Waals surface area (Å²) in [5, 5.41) is 4.58. The minimum Gasteiger partial charge on any atom is -0.457 e. The molecule has 4 nitrogen and oxygen atoms in total. The summed E-state index contributed by atoms with van der Waals surface area (Å²) < 4.78 is 12.8.